The topological polar surface area (TPSA) is 54.8 Å². The SMILES string of the molecule is CC(C)(C)C(=O)N1CCC(=NOCc2csc(-c3ccccc3Cl)n2)CC1. The number of thiazole rings is 1. The van der Waals surface area contributed by atoms with Crippen molar-refractivity contribution in [1.82, 2.24) is 9.88 Å². The third-order valence-corrected chi connectivity index (χ3v) is 5.59. The summed E-state index contributed by atoms with van der Waals surface area (Å²) in [5, 5.41) is 7.78. The summed E-state index contributed by atoms with van der Waals surface area (Å²) >= 11 is 7.76. The standard InChI is InChI=1S/C20H24ClN3O2S/c1-20(2,3)19(25)24-10-8-14(9-11-24)23-26-12-15-13-27-18(22-15)16-6-4-5-7-17(16)21/h4-7,13H,8-12H2,1-3H3. The maximum atomic E-state index is 12.3. The first-order valence-electron chi connectivity index (χ1n) is 9.01. The lowest BCUT2D eigenvalue weighted by atomic mass is 9.93. The summed E-state index contributed by atoms with van der Waals surface area (Å²) in [6.45, 7) is 7.58. The van der Waals surface area contributed by atoms with E-state index < -0.39 is 0 Å². The van der Waals surface area contributed by atoms with Gasteiger partial charge < -0.3 is 9.74 Å². The van der Waals surface area contributed by atoms with E-state index >= 15 is 0 Å². The Morgan fingerprint density at radius 1 is 1.30 bits per heavy atom. The van der Waals surface area contributed by atoms with E-state index in [9.17, 15) is 4.79 Å². The lowest BCUT2D eigenvalue weighted by molar-refractivity contribution is -0.139. The maximum Gasteiger partial charge on any atom is 0.227 e. The molecule has 1 aliphatic rings. The number of hydrogen-bond acceptors (Lipinski definition) is 5. The summed E-state index contributed by atoms with van der Waals surface area (Å²) in [5.74, 6) is 0.192. The number of likely N-dealkylation sites (tertiary alicyclic amines) is 1. The van der Waals surface area contributed by atoms with E-state index in [1.165, 1.54) is 0 Å². The van der Waals surface area contributed by atoms with Gasteiger partial charge in [-0.2, -0.15) is 0 Å². The number of carbonyl (C=O) groups excluding carboxylic acids is 1. The number of nitrogens with zero attached hydrogens (tertiary/aromatic N) is 3. The minimum atomic E-state index is -0.338. The van der Waals surface area contributed by atoms with Crippen molar-refractivity contribution >= 4 is 34.6 Å². The number of halogens is 1. The van der Waals surface area contributed by atoms with Crippen LogP contribution in [0.4, 0.5) is 0 Å². The Bertz CT molecular complexity index is 832. The molecule has 0 atom stereocenters. The second-order valence-corrected chi connectivity index (χ2v) is 8.86. The van der Waals surface area contributed by atoms with Crippen molar-refractivity contribution in [2.45, 2.75) is 40.2 Å². The van der Waals surface area contributed by atoms with Crippen LogP contribution in [-0.2, 0) is 16.2 Å². The number of rotatable bonds is 4. The Morgan fingerprint density at radius 3 is 2.67 bits per heavy atom. The molecule has 5 nitrogen and oxygen atoms in total. The van der Waals surface area contributed by atoms with Crippen molar-refractivity contribution in [1.29, 1.82) is 0 Å². The average Bonchev–Trinajstić information content (AvgIpc) is 3.10. The van der Waals surface area contributed by atoms with E-state index in [0.717, 1.165) is 34.8 Å². The fourth-order valence-electron chi connectivity index (χ4n) is 2.85. The van der Waals surface area contributed by atoms with Crippen LogP contribution >= 0.6 is 22.9 Å². The van der Waals surface area contributed by atoms with Crippen molar-refractivity contribution < 1.29 is 9.63 Å². The van der Waals surface area contributed by atoms with Crippen LogP contribution in [0.25, 0.3) is 10.6 Å². The Morgan fingerprint density at radius 2 is 2.00 bits per heavy atom. The minimum Gasteiger partial charge on any atom is -0.389 e. The third-order valence-electron chi connectivity index (χ3n) is 4.33. The van der Waals surface area contributed by atoms with Crippen LogP contribution in [0.2, 0.25) is 5.02 Å². The van der Waals surface area contributed by atoms with Crippen LogP contribution in [0.3, 0.4) is 0 Å². The Hall–Kier alpha value is -1.92. The van der Waals surface area contributed by atoms with Crippen LogP contribution in [0.5, 0.6) is 0 Å². The van der Waals surface area contributed by atoms with Crippen molar-refractivity contribution in [2.24, 2.45) is 10.6 Å². The first kappa shape index (κ1) is 19.8. The van der Waals surface area contributed by atoms with Crippen LogP contribution in [0.15, 0.2) is 34.8 Å². The quantitative estimate of drug-likeness (QED) is 0.672. The fraction of sp³-hybridized carbons (Fsp3) is 0.450. The molecule has 27 heavy (non-hydrogen) atoms. The monoisotopic (exact) mass is 405 g/mol. The number of amides is 1. The van der Waals surface area contributed by atoms with Crippen molar-refractivity contribution in [2.75, 3.05) is 13.1 Å². The number of carbonyl (C=O) groups is 1. The normalized spacial score (nSPS) is 15.0. The van der Waals surface area contributed by atoms with Crippen LogP contribution in [0.1, 0.15) is 39.3 Å². The highest BCUT2D eigenvalue weighted by Gasteiger charge is 2.29. The molecule has 0 spiro atoms. The minimum absolute atomic E-state index is 0.192. The number of piperidine rings is 1. The molecule has 144 valence electrons. The van der Waals surface area contributed by atoms with Gasteiger partial charge in [0.2, 0.25) is 5.91 Å². The summed E-state index contributed by atoms with van der Waals surface area (Å²) in [7, 11) is 0. The molecular formula is C20H24ClN3O2S. The summed E-state index contributed by atoms with van der Waals surface area (Å²) < 4.78 is 0. The highest BCUT2D eigenvalue weighted by Crippen LogP contribution is 2.30. The zero-order chi connectivity index (χ0) is 19.4. The second kappa shape index (κ2) is 8.40. The van der Waals surface area contributed by atoms with Crippen LogP contribution in [-0.4, -0.2) is 34.6 Å². The number of benzene rings is 1. The van der Waals surface area contributed by atoms with Crippen molar-refractivity contribution in [3.05, 3.63) is 40.4 Å². The van der Waals surface area contributed by atoms with E-state index in [2.05, 4.69) is 10.1 Å². The molecule has 0 unspecified atom stereocenters. The summed E-state index contributed by atoms with van der Waals surface area (Å²) in [6, 6.07) is 7.66. The van der Waals surface area contributed by atoms with Gasteiger partial charge >= 0.3 is 0 Å². The highest BCUT2D eigenvalue weighted by atomic mass is 35.5. The largest absolute Gasteiger partial charge is 0.389 e. The van der Waals surface area contributed by atoms with Gasteiger partial charge in [-0.25, -0.2) is 4.98 Å². The van der Waals surface area contributed by atoms with Crippen molar-refractivity contribution in [3.8, 4) is 10.6 Å². The van der Waals surface area contributed by atoms with Gasteiger partial charge in [-0.05, 0) is 6.07 Å². The maximum absolute atomic E-state index is 12.3. The van der Waals surface area contributed by atoms with Gasteiger partial charge in [0, 0.05) is 42.3 Å². The number of oxime groups is 1. The van der Waals surface area contributed by atoms with Gasteiger partial charge in [-0.3, -0.25) is 4.79 Å². The van der Waals surface area contributed by atoms with E-state index in [4.69, 9.17) is 16.4 Å². The molecule has 1 aromatic carbocycles. The van der Waals surface area contributed by atoms with E-state index in [1.807, 2.05) is 55.3 Å². The van der Waals surface area contributed by atoms with Crippen LogP contribution in [0, 0.1) is 5.41 Å². The van der Waals surface area contributed by atoms with Gasteiger partial charge in [0.1, 0.15) is 5.01 Å². The molecule has 1 saturated heterocycles. The van der Waals surface area contributed by atoms with Crippen LogP contribution < -0.4 is 0 Å². The first-order chi connectivity index (χ1) is 12.8. The lowest BCUT2D eigenvalue weighted by Gasteiger charge is -2.32. The predicted octanol–water partition coefficient (Wildman–Crippen LogP) is 5.00. The van der Waals surface area contributed by atoms with Gasteiger partial charge in [0.25, 0.3) is 0 Å². The van der Waals surface area contributed by atoms with Gasteiger partial charge in [-0.1, -0.05) is 55.7 Å². The smallest absolute Gasteiger partial charge is 0.227 e. The molecule has 1 aromatic heterocycles. The molecule has 1 fully saturated rings. The Balaban J connectivity index is 1.51. The molecule has 0 saturated carbocycles. The van der Waals surface area contributed by atoms with Gasteiger partial charge in [0.05, 0.1) is 16.4 Å². The molecule has 7 heteroatoms. The summed E-state index contributed by atoms with van der Waals surface area (Å²) in [6.07, 6.45) is 1.51. The number of hydrogen-bond donors (Lipinski definition) is 0. The van der Waals surface area contributed by atoms with E-state index in [1.54, 1.807) is 11.3 Å². The molecule has 0 radical (unpaired) electrons. The molecule has 0 aliphatic carbocycles. The summed E-state index contributed by atoms with van der Waals surface area (Å²) in [5.41, 5.74) is 2.42. The first-order valence-corrected chi connectivity index (χ1v) is 10.3. The van der Waals surface area contributed by atoms with E-state index in [-0.39, 0.29) is 11.3 Å². The number of aromatic nitrogens is 1. The molecular weight excluding hydrogens is 382 g/mol. The Labute approximate surface area is 169 Å². The zero-order valence-corrected chi connectivity index (χ0v) is 17.4. The molecule has 0 bridgehead atoms. The lowest BCUT2D eigenvalue weighted by Crippen LogP contribution is -2.44. The molecule has 0 N–H and O–H groups in total. The molecule has 3 rings (SSSR count). The predicted molar refractivity (Wildman–Crippen MR) is 110 cm³/mol. The van der Waals surface area contributed by atoms with Crippen molar-refractivity contribution in [3.63, 3.8) is 0 Å². The highest BCUT2D eigenvalue weighted by molar-refractivity contribution is 7.13. The second-order valence-electron chi connectivity index (χ2n) is 7.60. The van der Waals surface area contributed by atoms with E-state index in [0.29, 0.717) is 24.7 Å². The zero-order valence-electron chi connectivity index (χ0n) is 15.9. The third kappa shape index (κ3) is 5.08. The van der Waals surface area contributed by atoms with Gasteiger partial charge in [0.15, 0.2) is 6.61 Å². The molecule has 2 aromatic rings. The molecule has 1 aliphatic heterocycles. The average molecular weight is 406 g/mol. The fourth-order valence-corrected chi connectivity index (χ4v) is 3.98. The Kier molecular flexibility index (Phi) is 6.17. The molecule has 1 amide bonds. The molecule has 2 heterocycles. The summed E-state index contributed by atoms with van der Waals surface area (Å²) in [4.78, 5) is 24.3. The van der Waals surface area contributed by atoms with Gasteiger partial charge in [-0.15, -0.1) is 11.3 Å².